The summed E-state index contributed by atoms with van der Waals surface area (Å²) in [5.74, 6) is -0.282. The van der Waals surface area contributed by atoms with Crippen molar-refractivity contribution in [1.82, 2.24) is 4.98 Å². The fourth-order valence-electron chi connectivity index (χ4n) is 2.12. The van der Waals surface area contributed by atoms with E-state index in [0.29, 0.717) is 12.3 Å². The first-order valence-corrected chi connectivity index (χ1v) is 8.12. The topological polar surface area (TPSA) is 42.1 Å². The zero-order valence-electron chi connectivity index (χ0n) is 10.6. The van der Waals surface area contributed by atoms with E-state index in [1.54, 1.807) is 0 Å². The van der Waals surface area contributed by atoms with Crippen molar-refractivity contribution in [3.8, 4) is 0 Å². The Kier molecular flexibility index (Phi) is 5.05. The Bertz CT molecular complexity index is 592. The number of rotatable bonds is 5. The zero-order valence-corrected chi connectivity index (χ0v) is 13.8. The van der Waals surface area contributed by atoms with Crippen LogP contribution in [0, 0.1) is 0 Å². The van der Waals surface area contributed by atoms with E-state index in [2.05, 4.69) is 36.8 Å². The average Bonchev–Trinajstić information content (AvgIpc) is 2.77. The molecular weight excluding hydrogens is 374 g/mol. The van der Waals surface area contributed by atoms with Crippen molar-refractivity contribution in [1.29, 1.82) is 0 Å². The highest BCUT2D eigenvalue weighted by atomic mass is 79.9. The van der Waals surface area contributed by atoms with Gasteiger partial charge in [0.05, 0.1) is 12.1 Å². The first-order chi connectivity index (χ1) is 9.19. The van der Waals surface area contributed by atoms with Crippen LogP contribution in [0.1, 0.15) is 29.4 Å². The number of hydrogen-bond donors (Lipinski definition) is 1. The molecule has 0 bridgehead atoms. The molecule has 102 valence electrons. The number of carbonyl (C=O) groups excluding carboxylic acids is 1. The van der Waals surface area contributed by atoms with Crippen LogP contribution in [0.5, 0.6) is 0 Å². The van der Waals surface area contributed by atoms with E-state index in [1.165, 1.54) is 0 Å². The minimum absolute atomic E-state index is 0.282. The third kappa shape index (κ3) is 3.03. The molecule has 3 nitrogen and oxygen atoms in total. The minimum Gasteiger partial charge on any atom is -0.461 e. The van der Waals surface area contributed by atoms with E-state index in [-0.39, 0.29) is 5.97 Å². The van der Waals surface area contributed by atoms with E-state index >= 15 is 0 Å². The number of aromatic amines is 1. The molecule has 0 amide bonds. The van der Waals surface area contributed by atoms with Gasteiger partial charge in [0.15, 0.2) is 0 Å². The van der Waals surface area contributed by atoms with Gasteiger partial charge in [-0.25, -0.2) is 4.79 Å². The van der Waals surface area contributed by atoms with E-state index < -0.39 is 0 Å². The summed E-state index contributed by atoms with van der Waals surface area (Å²) in [6, 6.07) is 5.97. The van der Waals surface area contributed by atoms with Gasteiger partial charge in [-0.3, -0.25) is 0 Å². The van der Waals surface area contributed by atoms with Crippen molar-refractivity contribution in [2.45, 2.75) is 19.8 Å². The largest absolute Gasteiger partial charge is 0.461 e. The summed E-state index contributed by atoms with van der Waals surface area (Å²) >= 11 is 6.94. The normalized spacial score (nSPS) is 10.9. The van der Waals surface area contributed by atoms with Crippen LogP contribution in [-0.2, 0) is 11.2 Å². The van der Waals surface area contributed by atoms with E-state index in [1.807, 2.05) is 25.1 Å². The Hall–Kier alpha value is -0.810. The second kappa shape index (κ2) is 6.57. The number of H-pyrrole nitrogens is 1. The van der Waals surface area contributed by atoms with Crippen LogP contribution < -0.4 is 0 Å². The molecule has 1 N–H and O–H groups in total. The van der Waals surface area contributed by atoms with Gasteiger partial charge in [-0.15, -0.1) is 0 Å². The summed E-state index contributed by atoms with van der Waals surface area (Å²) in [5.41, 5.74) is 2.56. The molecular formula is C14H15Br2NO2. The number of benzene rings is 1. The lowest BCUT2D eigenvalue weighted by atomic mass is 10.1. The Morgan fingerprint density at radius 1 is 1.42 bits per heavy atom. The van der Waals surface area contributed by atoms with Gasteiger partial charge in [0, 0.05) is 15.2 Å². The smallest absolute Gasteiger partial charge is 0.355 e. The maximum absolute atomic E-state index is 12.0. The van der Waals surface area contributed by atoms with Crippen LogP contribution in [0.25, 0.3) is 10.9 Å². The Morgan fingerprint density at radius 3 is 2.89 bits per heavy atom. The number of alkyl halides is 1. The predicted octanol–water partition coefficient (Wildman–Crippen LogP) is 4.43. The maximum atomic E-state index is 12.0. The van der Waals surface area contributed by atoms with Gasteiger partial charge in [0.25, 0.3) is 0 Å². The molecule has 1 aromatic carbocycles. The average molecular weight is 389 g/mol. The van der Waals surface area contributed by atoms with Gasteiger partial charge in [-0.05, 0) is 47.3 Å². The molecule has 0 atom stereocenters. The number of nitrogens with one attached hydrogen (secondary N) is 1. The molecule has 0 spiro atoms. The Morgan fingerprint density at radius 2 is 2.21 bits per heavy atom. The van der Waals surface area contributed by atoms with Crippen molar-refractivity contribution in [2.75, 3.05) is 11.9 Å². The molecule has 2 rings (SSSR count). The molecule has 0 saturated carbocycles. The number of hydrogen-bond acceptors (Lipinski definition) is 2. The van der Waals surface area contributed by atoms with E-state index in [0.717, 1.165) is 39.1 Å². The molecule has 0 radical (unpaired) electrons. The van der Waals surface area contributed by atoms with Crippen molar-refractivity contribution in [3.63, 3.8) is 0 Å². The highest BCUT2D eigenvalue weighted by molar-refractivity contribution is 9.10. The maximum Gasteiger partial charge on any atom is 0.355 e. The number of fused-ring (bicyclic) bond motifs is 1. The van der Waals surface area contributed by atoms with Crippen LogP contribution in [0.3, 0.4) is 0 Å². The van der Waals surface area contributed by atoms with Gasteiger partial charge >= 0.3 is 5.97 Å². The van der Waals surface area contributed by atoms with Crippen molar-refractivity contribution >= 4 is 48.7 Å². The molecule has 1 heterocycles. The second-order valence-electron chi connectivity index (χ2n) is 4.15. The van der Waals surface area contributed by atoms with Crippen LogP contribution in [0.4, 0.5) is 0 Å². The fraction of sp³-hybridized carbons (Fsp3) is 0.357. The first-order valence-electron chi connectivity index (χ1n) is 6.21. The number of esters is 1. The van der Waals surface area contributed by atoms with Crippen molar-refractivity contribution in [3.05, 3.63) is 33.9 Å². The lowest BCUT2D eigenvalue weighted by Gasteiger charge is -2.03. The lowest BCUT2D eigenvalue weighted by Crippen LogP contribution is -2.08. The molecule has 0 aliphatic heterocycles. The highest BCUT2D eigenvalue weighted by Gasteiger charge is 2.19. The van der Waals surface area contributed by atoms with Crippen LogP contribution >= 0.6 is 31.9 Å². The van der Waals surface area contributed by atoms with Gasteiger partial charge in [-0.2, -0.15) is 0 Å². The zero-order chi connectivity index (χ0) is 13.8. The number of carbonyl (C=O) groups is 1. The van der Waals surface area contributed by atoms with Crippen LogP contribution in [-0.4, -0.2) is 22.9 Å². The molecule has 0 saturated heterocycles. The number of aryl methyl sites for hydroxylation is 1. The third-order valence-corrected chi connectivity index (χ3v) is 4.15. The van der Waals surface area contributed by atoms with E-state index in [9.17, 15) is 4.79 Å². The summed E-state index contributed by atoms with van der Waals surface area (Å²) in [4.78, 5) is 15.2. The van der Waals surface area contributed by atoms with Crippen molar-refractivity contribution < 1.29 is 9.53 Å². The van der Waals surface area contributed by atoms with Gasteiger partial charge < -0.3 is 9.72 Å². The minimum atomic E-state index is -0.282. The molecule has 0 aliphatic rings. The third-order valence-electron chi connectivity index (χ3n) is 2.93. The van der Waals surface area contributed by atoms with Gasteiger partial charge in [-0.1, -0.05) is 28.1 Å². The van der Waals surface area contributed by atoms with Gasteiger partial charge in [0.1, 0.15) is 5.69 Å². The molecule has 2 aromatic rings. The number of para-hydroxylation sites is 1. The SMILES string of the molecule is CCOC(=O)c1[nH]c2c(Br)cccc2c1CCCBr. The molecule has 0 aliphatic carbocycles. The number of aromatic nitrogens is 1. The molecule has 5 heteroatoms. The summed E-state index contributed by atoms with van der Waals surface area (Å²) in [6.45, 7) is 2.20. The quantitative estimate of drug-likeness (QED) is 0.607. The summed E-state index contributed by atoms with van der Waals surface area (Å²) in [6.07, 6.45) is 1.82. The van der Waals surface area contributed by atoms with Crippen molar-refractivity contribution in [2.24, 2.45) is 0 Å². The lowest BCUT2D eigenvalue weighted by molar-refractivity contribution is 0.0519. The van der Waals surface area contributed by atoms with Crippen LogP contribution in [0.2, 0.25) is 0 Å². The fourth-order valence-corrected chi connectivity index (χ4v) is 2.86. The molecule has 0 fully saturated rings. The van der Waals surface area contributed by atoms with Gasteiger partial charge in [0.2, 0.25) is 0 Å². The predicted molar refractivity (Wildman–Crippen MR) is 84.1 cm³/mol. The molecule has 0 unspecified atom stereocenters. The Labute approximate surface area is 129 Å². The van der Waals surface area contributed by atoms with E-state index in [4.69, 9.17) is 4.74 Å². The summed E-state index contributed by atoms with van der Waals surface area (Å²) in [7, 11) is 0. The van der Waals surface area contributed by atoms with Crippen LogP contribution in [0.15, 0.2) is 22.7 Å². The second-order valence-corrected chi connectivity index (χ2v) is 5.80. The summed E-state index contributed by atoms with van der Waals surface area (Å²) < 4.78 is 6.08. The monoisotopic (exact) mass is 387 g/mol. The highest BCUT2D eigenvalue weighted by Crippen LogP contribution is 2.29. The molecule has 19 heavy (non-hydrogen) atoms. The Balaban J connectivity index is 2.54. The molecule has 1 aromatic heterocycles. The standard InChI is InChI=1S/C14H15Br2NO2/c1-2-19-14(18)13-10(6-4-8-15)9-5-3-7-11(16)12(9)17-13/h3,5,7,17H,2,4,6,8H2,1H3. The number of halogens is 2. The first kappa shape index (κ1) is 14.6. The summed E-state index contributed by atoms with van der Waals surface area (Å²) in [5, 5.41) is 1.99. The number of ether oxygens (including phenoxy) is 1.